The number of amides is 1. The van der Waals surface area contributed by atoms with E-state index in [-0.39, 0.29) is 17.6 Å². The first kappa shape index (κ1) is 20.3. The smallest absolute Gasteiger partial charge is 0.254 e. The Kier molecular flexibility index (Phi) is 5.39. The van der Waals surface area contributed by atoms with Gasteiger partial charge >= 0.3 is 0 Å². The van der Waals surface area contributed by atoms with Crippen molar-refractivity contribution < 1.29 is 18.7 Å². The summed E-state index contributed by atoms with van der Waals surface area (Å²) in [6.07, 6.45) is 0.850. The minimum atomic E-state index is -0.268. The lowest BCUT2D eigenvalue weighted by Crippen LogP contribution is -2.28. The van der Waals surface area contributed by atoms with E-state index in [1.807, 2.05) is 24.0 Å². The lowest BCUT2D eigenvalue weighted by Gasteiger charge is -2.21. The topological polar surface area (TPSA) is 63.7 Å². The molecule has 32 heavy (non-hydrogen) atoms. The molecule has 0 aliphatic carbocycles. The number of aryl methyl sites for hydroxylation is 1. The van der Waals surface area contributed by atoms with Crippen molar-refractivity contribution in [3.05, 3.63) is 77.4 Å². The Balaban J connectivity index is 1.30. The van der Waals surface area contributed by atoms with Crippen LogP contribution in [0, 0.1) is 12.7 Å². The zero-order chi connectivity index (χ0) is 22.1. The number of likely N-dealkylation sites (tertiary alicyclic amines) is 1. The fraction of sp³-hybridized carbons (Fsp3) is 0.280. The summed E-state index contributed by atoms with van der Waals surface area (Å²) in [4.78, 5) is 19.7. The fourth-order valence-corrected chi connectivity index (χ4v) is 4.22. The summed E-state index contributed by atoms with van der Waals surface area (Å²) >= 11 is 0. The Bertz CT molecular complexity index is 1150. The zero-order valence-electron chi connectivity index (χ0n) is 17.8. The summed E-state index contributed by atoms with van der Waals surface area (Å²) in [5.41, 5.74) is 4.15. The summed E-state index contributed by atoms with van der Waals surface area (Å²) in [7, 11) is 0. The molecule has 1 unspecified atom stereocenters. The van der Waals surface area contributed by atoms with Crippen molar-refractivity contribution >= 4 is 17.3 Å². The Morgan fingerprint density at radius 2 is 1.81 bits per heavy atom. The maximum atomic E-state index is 13.2. The minimum Gasteiger partial charge on any atom is -0.486 e. The van der Waals surface area contributed by atoms with Crippen molar-refractivity contribution in [2.75, 3.05) is 31.6 Å². The quantitative estimate of drug-likeness (QED) is 0.648. The maximum Gasteiger partial charge on any atom is 0.254 e. The van der Waals surface area contributed by atoms with E-state index in [9.17, 15) is 9.18 Å². The van der Waals surface area contributed by atoms with E-state index in [4.69, 9.17) is 14.5 Å². The number of carbonyl (C=O) groups excluding carboxylic acids is 1. The van der Waals surface area contributed by atoms with Crippen molar-refractivity contribution in [1.82, 2.24) is 9.88 Å². The van der Waals surface area contributed by atoms with Gasteiger partial charge in [0.2, 0.25) is 0 Å². The van der Waals surface area contributed by atoms with Gasteiger partial charge in [-0.3, -0.25) is 9.78 Å². The van der Waals surface area contributed by atoms with Crippen molar-refractivity contribution in [3.63, 3.8) is 0 Å². The molecule has 3 heterocycles. The van der Waals surface area contributed by atoms with Crippen LogP contribution >= 0.6 is 0 Å². The molecular weight excluding hydrogens is 409 g/mol. The van der Waals surface area contributed by atoms with Gasteiger partial charge < -0.3 is 19.7 Å². The van der Waals surface area contributed by atoms with Crippen LogP contribution < -0.4 is 14.8 Å². The molecule has 164 valence electrons. The number of carbonyl (C=O) groups is 1. The third-order valence-electron chi connectivity index (χ3n) is 5.79. The first-order valence-corrected chi connectivity index (χ1v) is 10.8. The second kappa shape index (κ2) is 8.49. The lowest BCUT2D eigenvalue weighted by molar-refractivity contribution is 0.0789. The molecule has 2 aliphatic heterocycles. The summed E-state index contributed by atoms with van der Waals surface area (Å²) in [6, 6.07) is 15.6. The highest BCUT2D eigenvalue weighted by atomic mass is 19.1. The van der Waals surface area contributed by atoms with Crippen LogP contribution in [0.15, 0.2) is 54.6 Å². The first-order chi connectivity index (χ1) is 15.5. The number of anilines is 2. The molecule has 5 rings (SSSR count). The number of benzene rings is 2. The average Bonchev–Trinajstić information content (AvgIpc) is 3.30. The number of halogens is 1. The average molecular weight is 433 g/mol. The molecule has 6 nitrogen and oxygen atoms in total. The predicted octanol–water partition coefficient (Wildman–Crippen LogP) is 4.67. The van der Waals surface area contributed by atoms with E-state index < -0.39 is 0 Å². The highest BCUT2D eigenvalue weighted by molar-refractivity contribution is 5.95. The number of aromatic nitrogens is 1. The maximum absolute atomic E-state index is 13.2. The second-order valence-electron chi connectivity index (χ2n) is 8.15. The van der Waals surface area contributed by atoms with Crippen molar-refractivity contribution in [2.24, 2.45) is 0 Å². The van der Waals surface area contributed by atoms with E-state index >= 15 is 0 Å². The monoisotopic (exact) mass is 433 g/mol. The van der Waals surface area contributed by atoms with E-state index in [0.29, 0.717) is 43.4 Å². The lowest BCUT2D eigenvalue weighted by atomic mass is 10.0. The molecule has 7 heteroatoms. The largest absolute Gasteiger partial charge is 0.486 e. The normalized spacial score (nSPS) is 17.3. The van der Waals surface area contributed by atoms with Crippen molar-refractivity contribution in [2.45, 2.75) is 19.3 Å². The minimum absolute atomic E-state index is 0.0122. The molecule has 1 aromatic heterocycles. The summed E-state index contributed by atoms with van der Waals surface area (Å²) in [6.45, 7) is 4.25. The van der Waals surface area contributed by atoms with Crippen LogP contribution in [-0.4, -0.2) is 42.1 Å². The first-order valence-electron chi connectivity index (χ1n) is 10.8. The molecule has 1 amide bonds. The molecule has 0 saturated carbocycles. The second-order valence-corrected chi connectivity index (χ2v) is 8.15. The van der Waals surface area contributed by atoms with Crippen LogP contribution in [0.4, 0.5) is 15.8 Å². The van der Waals surface area contributed by atoms with Crippen LogP contribution in [-0.2, 0) is 0 Å². The van der Waals surface area contributed by atoms with E-state index in [0.717, 1.165) is 29.2 Å². The van der Waals surface area contributed by atoms with Crippen molar-refractivity contribution in [1.29, 1.82) is 0 Å². The number of nitrogens with one attached hydrogen (secondary N) is 1. The van der Waals surface area contributed by atoms with Crippen LogP contribution in [0.1, 0.15) is 34.1 Å². The standard InChI is InChI=1S/C25H24FN3O3/c1-16-12-21(28-20-5-3-19(26)4-6-20)14-22(27-16)18-8-9-29(15-18)25(30)17-2-7-23-24(13-17)32-11-10-31-23/h2-7,12-14,18H,8-11,15H2,1H3,(H,27,28). The van der Waals surface area contributed by atoms with E-state index in [2.05, 4.69) is 5.32 Å². The van der Waals surface area contributed by atoms with E-state index in [1.165, 1.54) is 12.1 Å². The highest BCUT2D eigenvalue weighted by Gasteiger charge is 2.30. The SMILES string of the molecule is Cc1cc(Nc2ccc(F)cc2)cc(C2CCN(C(=O)c3ccc4c(c3)OCCO4)C2)n1. The molecule has 1 fully saturated rings. The van der Waals surface area contributed by atoms with Gasteiger partial charge in [-0.05, 0) is 67.9 Å². The number of pyridine rings is 1. The Morgan fingerprint density at radius 3 is 2.62 bits per heavy atom. The van der Waals surface area contributed by atoms with Gasteiger partial charge in [0.05, 0.1) is 0 Å². The number of hydrogen-bond acceptors (Lipinski definition) is 5. The Morgan fingerprint density at radius 1 is 1.03 bits per heavy atom. The third kappa shape index (κ3) is 4.23. The third-order valence-corrected chi connectivity index (χ3v) is 5.79. The fourth-order valence-electron chi connectivity index (χ4n) is 4.22. The van der Waals surface area contributed by atoms with Gasteiger partial charge in [0.1, 0.15) is 19.0 Å². The molecule has 3 aromatic rings. The van der Waals surface area contributed by atoms with Gasteiger partial charge in [0.25, 0.3) is 5.91 Å². The molecule has 0 radical (unpaired) electrons. The van der Waals surface area contributed by atoms with Gasteiger partial charge in [-0.1, -0.05) is 0 Å². The number of nitrogens with zero attached hydrogens (tertiary/aromatic N) is 2. The van der Waals surface area contributed by atoms with Gasteiger partial charge in [-0.25, -0.2) is 4.39 Å². The molecule has 0 spiro atoms. The molecule has 1 N–H and O–H groups in total. The predicted molar refractivity (Wildman–Crippen MR) is 119 cm³/mol. The van der Waals surface area contributed by atoms with Gasteiger partial charge in [0.15, 0.2) is 11.5 Å². The number of ether oxygens (including phenoxy) is 2. The highest BCUT2D eigenvalue weighted by Crippen LogP contribution is 2.33. The Labute approximate surface area is 186 Å². The summed E-state index contributed by atoms with van der Waals surface area (Å²) < 4.78 is 24.3. The Hall–Kier alpha value is -3.61. The van der Waals surface area contributed by atoms with Crippen LogP contribution in [0.5, 0.6) is 11.5 Å². The molecule has 0 bridgehead atoms. The zero-order valence-corrected chi connectivity index (χ0v) is 17.8. The van der Waals surface area contributed by atoms with Gasteiger partial charge in [-0.15, -0.1) is 0 Å². The molecule has 2 aromatic carbocycles. The molecular formula is C25H24FN3O3. The van der Waals surface area contributed by atoms with Crippen LogP contribution in [0.2, 0.25) is 0 Å². The van der Waals surface area contributed by atoms with Crippen molar-refractivity contribution in [3.8, 4) is 11.5 Å². The number of fused-ring (bicyclic) bond motifs is 1. The van der Waals surface area contributed by atoms with Gasteiger partial charge in [0, 0.05) is 47.3 Å². The van der Waals surface area contributed by atoms with Crippen LogP contribution in [0.25, 0.3) is 0 Å². The number of rotatable bonds is 4. The number of hydrogen-bond donors (Lipinski definition) is 1. The molecule has 2 aliphatic rings. The summed E-state index contributed by atoms with van der Waals surface area (Å²) in [5.74, 6) is 1.18. The van der Waals surface area contributed by atoms with Gasteiger partial charge in [-0.2, -0.15) is 0 Å². The van der Waals surface area contributed by atoms with E-state index in [1.54, 1.807) is 30.3 Å². The molecule has 1 atom stereocenters. The van der Waals surface area contributed by atoms with Crippen LogP contribution in [0.3, 0.4) is 0 Å². The molecule has 1 saturated heterocycles. The summed E-state index contributed by atoms with van der Waals surface area (Å²) in [5, 5.41) is 3.31.